The summed E-state index contributed by atoms with van der Waals surface area (Å²) in [5.74, 6) is 1.38. The van der Waals surface area contributed by atoms with Crippen molar-refractivity contribution in [3.63, 3.8) is 0 Å². The predicted octanol–water partition coefficient (Wildman–Crippen LogP) is 1.70. The van der Waals surface area contributed by atoms with E-state index in [-0.39, 0.29) is 6.04 Å². The molecule has 0 amide bonds. The van der Waals surface area contributed by atoms with Crippen LogP contribution in [0.2, 0.25) is 0 Å². The summed E-state index contributed by atoms with van der Waals surface area (Å²) in [6.45, 7) is 1.92. The molecule has 0 bridgehead atoms. The van der Waals surface area contributed by atoms with Crippen molar-refractivity contribution >= 4 is 0 Å². The van der Waals surface area contributed by atoms with Crippen LogP contribution in [0.4, 0.5) is 0 Å². The number of hydrogen-bond acceptors (Lipinski definition) is 5. The van der Waals surface area contributed by atoms with E-state index in [0.717, 1.165) is 17.0 Å². The van der Waals surface area contributed by atoms with Gasteiger partial charge in [0, 0.05) is 18.0 Å². The van der Waals surface area contributed by atoms with Crippen LogP contribution in [0.1, 0.15) is 23.1 Å². The fourth-order valence-electron chi connectivity index (χ4n) is 1.83. The zero-order valence-electron chi connectivity index (χ0n) is 10.1. The molecule has 5 heteroatoms. The van der Waals surface area contributed by atoms with E-state index in [2.05, 4.69) is 15.3 Å². The van der Waals surface area contributed by atoms with E-state index in [1.807, 2.05) is 20.0 Å². The molecule has 0 aliphatic heterocycles. The van der Waals surface area contributed by atoms with Crippen molar-refractivity contribution in [2.45, 2.75) is 13.0 Å². The van der Waals surface area contributed by atoms with Crippen molar-refractivity contribution < 1.29 is 9.15 Å². The second-order valence-corrected chi connectivity index (χ2v) is 3.60. The Kier molecular flexibility index (Phi) is 3.39. The van der Waals surface area contributed by atoms with E-state index in [1.54, 1.807) is 25.8 Å². The monoisotopic (exact) mass is 233 g/mol. The first-order chi connectivity index (χ1) is 8.27. The van der Waals surface area contributed by atoms with Crippen molar-refractivity contribution in [1.82, 2.24) is 15.3 Å². The van der Waals surface area contributed by atoms with E-state index in [9.17, 15) is 0 Å². The lowest BCUT2D eigenvalue weighted by Crippen LogP contribution is -2.20. The largest absolute Gasteiger partial charge is 0.480 e. The molecule has 0 aliphatic carbocycles. The van der Waals surface area contributed by atoms with E-state index in [4.69, 9.17) is 9.15 Å². The molecule has 17 heavy (non-hydrogen) atoms. The Morgan fingerprint density at radius 3 is 2.71 bits per heavy atom. The Hall–Kier alpha value is -1.88. The maximum Gasteiger partial charge on any atom is 0.237 e. The minimum absolute atomic E-state index is 0.0857. The molecule has 0 aromatic carbocycles. The highest BCUT2D eigenvalue weighted by Gasteiger charge is 2.21. The highest BCUT2D eigenvalue weighted by molar-refractivity contribution is 5.33. The van der Waals surface area contributed by atoms with Crippen molar-refractivity contribution in [1.29, 1.82) is 0 Å². The van der Waals surface area contributed by atoms with Crippen LogP contribution in [0.3, 0.4) is 0 Å². The average molecular weight is 233 g/mol. The van der Waals surface area contributed by atoms with Gasteiger partial charge in [0.2, 0.25) is 5.88 Å². The van der Waals surface area contributed by atoms with Gasteiger partial charge in [-0.05, 0) is 20.0 Å². The molecule has 2 aromatic heterocycles. The standard InChI is InChI=1S/C12H15N3O2/c1-8-9(4-7-17-8)10(13-2)11-12(16-3)15-6-5-14-11/h4-7,10,13H,1-3H3. The molecule has 0 saturated carbocycles. The van der Waals surface area contributed by atoms with Crippen molar-refractivity contribution in [2.75, 3.05) is 14.2 Å². The van der Waals surface area contributed by atoms with Gasteiger partial charge in [-0.15, -0.1) is 0 Å². The number of rotatable bonds is 4. The Bertz CT molecular complexity index is 496. The van der Waals surface area contributed by atoms with Gasteiger partial charge in [-0.3, -0.25) is 4.98 Å². The first-order valence-electron chi connectivity index (χ1n) is 5.34. The first kappa shape index (κ1) is 11.6. The summed E-state index contributed by atoms with van der Waals surface area (Å²) in [5.41, 5.74) is 1.79. The second-order valence-electron chi connectivity index (χ2n) is 3.60. The molecule has 0 spiro atoms. The van der Waals surface area contributed by atoms with Gasteiger partial charge in [0.05, 0.1) is 19.4 Å². The fourth-order valence-corrected chi connectivity index (χ4v) is 1.83. The summed E-state index contributed by atoms with van der Waals surface area (Å²) in [7, 11) is 3.45. The molecule has 2 aromatic rings. The number of nitrogens with zero attached hydrogens (tertiary/aromatic N) is 2. The highest BCUT2D eigenvalue weighted by atomic mass is 16.5. The molecule has 90 valence electrons. The minimum atomic E-state index is -0.0857. The zero-order valence-corrected chi connectivity index (χ0v) is 10.1. The zero-order chi connectivity index (χ0) is 12.3. The lowest BCUT2D eigenvalue weighted by Gasteiger charge is -2.16. The maximum atomic E-state index is 5.31. The summed E-state index contributed by atoms with van der Waals surface area (Å²) < 4.78 is 10.5. The highest BCUT2D eigenvalue weighted by Crippen LogP contribution is 2.28. The molecule has 0 saturated heterocycles. The minimum Gasteiger partial charge on any atom is -0.480 e. The third-order valence-electron chi connectivity index (χ3n) is 2.66. The molecule has 1 unspecified atom stereocenters. The van der Waals surface area contributed by atoms with Gasteiger partial charge in [-0.1, -0.05) is 0 Å². The molecule has 5 nitrogen and oxygen atoms in total. The predicted molar refractivity (Wildman–Crippen MR) is 62.9 cm³/mol. The number of aryl methyl sites for hydroxylation is 1. The normalized spacial score (nSPS) is 12.4. The number of nitrogens with one attached hydrogen (secondary N) is 1. The molecule has 1 atom stereocenters. The molecular weight excluding hydrogens is 218 g/mol. The Labute approximate surface area is 99.8 Å². The Balaban J connectivity index is 2.46. The van der Waals surface area contributed by atoms with Gasteiger partial charge < -0.3 is 14.5 Å². The van der Waals surface area contributed by atoms with Crippen molar-refractivity contribution in [3.05, 3.63) is 41.7 Å². The molecule has 0 aliphatic rings. The number of ether oxygens (including phenoxy) is 1. The van der Waals surface area contributed by atoms with Gasteiger partial charge in [0.25, 0.3) is 0 Å². The smallest absolute Gasteiger partial charge is 0.237 e. The number of methoxy groups -OCH3 is 1. The maximum absolute atomic E-state index is 5.31. The van der Waals surface area contributed by atoms with Crippen LogP contribution in [0.5, 0.6) is 5.88 Å². The summed E-state index contributed by atoms with van der Waals surface area (Å²) in [5, 5.41) is 3.19. The van der Waals surface area contributed by atoms with Crippen LogP contribution in [-0.2, 0) is 0 Å². The second kappa shape index (κ2) is 4.97. The lowest BCUT2D eigenvalue weighted by atomic mass is 10.0. The van der Waals surface area contributed by atoms with Gasteiger partial charge >= 0.3 is 0 Å². The van der Waals surface area contributed by atoms with E-state index in [0.29, 0.717) is 5.88 Å². The Morgan fingerprint density at radius 1 is 1.35 bits per heavy atom. The molecule has 0 fully saturated rings. The van der Waals surface area contributed by atoms with Crippen molar-refractivity contribution in [2.24, 2.45) is 0 Å². The van der Waals surface area contributed by atoms with Crippen LogP contribution in [-0.4, -0.2) is 24.1 Å². The summed E-state index contributed by atoms with van der Waals surface area (Å²) in [4.78, 5) is 8.48. The lowest BCUT2D eigenvalue weighted by molar-refractivity contribution is 0.383. The quantitative estimate of drug-likeness (QED) is 0.870. The summed E-state index contributed by atoms with van der Waals surface area (Å²) in [6, 6.07) is 1.84. The Morgan fingerprint density at radius 2 is 2.12 bits per heavy atom. The fraction of sp³-hybridized carbons (Fsp3) is 0.333. The number of hydrogen-bond donors (Lipinski definition) is 1. The summed E-state index contributed by atoms with van der Waals surface area (Å²) in [6.07, 6.45) is 4.92. The average Bonchev–Trinajstić information content (AvgIpc) is 2.78. The van der Waals surface area contributed by atoms with E-state index >= 15 is 0 Å². The van der Waals surface area contributed by atoms with Gasteiger partial charge in [-0.2, -0.15) is 0 Å². The van der Waals surface area contributed by atoms with Gasteiger partial charge in [-0.25, -0.2) is 4.98 Å². The van der Waals surface area contributed by atoms with Gasteiger partial charge in [0.1, 0.15) is 11.5 Å². The molecule has 2 rings (SSSR count). The third kappa shape index (κ3) is 2.14. The molecule has 2 heterocycles. The molecule has 0 radical (unpaired) electrons. The first-order valence-corrected chi connectivity index (χ1v) is 5.34. The molecular formula is C12H15N3O2. The van der Waals surface area contributed by atoms with Crippen LogP contribution < -0.4 is 10.1 Å². The van der Waals surface area contributed by atoms with Crippen LogP contribution in [0.15, 0.2) is 29.1 Å². The van der Waals surface area contributed by atoms with Crippen LogP contribution >= 0.6 is 0 Å². The molecule has 1 N–H and O–H groups in total. The topological polar surface area (TPSA) is 60.2 Å². The van der Waals surface area contributed by atoms with Crippen LogP contribution in [0, 0.1) is 6.92 Å². The third-order valence-corrected chi connectivity index (χ3v) is 2.66. The number of aromatic nitrogens is 2. The van der Waals surface area contributed by atoms with Crippen molar-refractivity contribution in [3.8, 4) is 5.88 Å². The SMILES string of the molecule is CNC(c1ccoc1C)c1nccnc1OC. The van der Waals surface area contributed by atoms with Crippen LogP contribution in [0.25, 0.3) is 0 Å². The number of furan rings is 1. The summed E-state index contributed by atoms with van der Waals surface area (Å²) >= 11 is 0. The van der Waals surface area contributed by atoms with E-state index in [1.165, 1.54) is 0 Å². The van der Waals surface area contributed by atoms with E-state index < -0.39 is 0 Å². The van der Waals surface area contributed by atoms with Gasteiger partial charge in [0.15, 0.2) is 0 Å².